The van der Waals surface area contributed by atoms with E-state index in [1.54, 1.807) is 12.1 Å². The van der Waals surface area contributed by atoms with Crippen LogP contribution in [0, 0.1) is 0 Å². The fraction of sp³-hybridized carbons (Fsp3) is 0.250. The molecule has 3 nitrogen and oxygen atoms in total. The van der Waals surface area contributed by atoms with Crippen molar-refractivity contribution in [2.75, 3.05) is 0 Å². The quantitative estimate of drug-likeness (QED) is 0.805. The maximum Gasteiger partial charge on any atom is 0.336 e. The van der Waals surface area contributed by atoms with Gasteiger partial charge in [-0.1, -0.05) is 19.4 Å². The number of carboxylic acid groups (broad SMARTS) is 1. The highest BCUT2D eigenvalue weighted by molar-refractivity contribution is 6.04. The Morgan fingerprint density at radius 2 is 2.27 bits per heavy atom. The Morgan fingerprint density at radius 1 is 1.47 bits per heavy atom. The summed E-state index contributed by atoms with van der Waals surface area (Å²) >= 11 is 0. The molecule has 2 rings (SSSR count). The van der Waals surface area contributed by atoms with Gasteiger partial charge < -0.3 is 10.1 Å². The van der Waals surface area contributed by atoms with E-state index in [2.05, 4.69) is 11.9 Å². The molecule has 0 amide bonds. The molecule has 1 aromatic carbocycles. The van der Waals surface area contributed by atoms with E-state index in [0.717, 1.165) is 29.3 Å². The summed E-state index contributed by atoms with van der Waals surface area (Å²) in [5.74, 6) is -0.863. The first-order valence-electron chi connectivity index (χ1n) is 5.06. The smallest absolute Gasteiger partial charge is 0.336 e. The van der Waals surface area contributed by atoms with Crippen LogP contribution in [0.1, 0.15) is 29.3 Å². The van der Waals surface area contributed by atoms with Gasteiger partial charge in [0.2, 0.25) is 0 Å². The van der Waals surface area contributed by atoms with Crippen LogP contribution < -0.4 is 0 Å². The molecule has 0 bridgehead atoms. The van der Waals surface area contributed by atoms with Crippen molar-refractivity contribution < 1.29 is 9.90 Å². The van der Waals surface area contributed by atoms with Gasteiger partial charge in [0.15, 0.2) is 0 Å². The Hall–Kier alpha value is -1.77. The third-order valence-electron chi connectivity index (χ3n) is 2.54. The van der Waals surface area contributed by atoms with Crippen molar-refractivity contribution in [3.8, 4) is 0 Å². The van der Waals surface area contributed by atoms with E-state index in [1.807, 2.05) is 12.3 Å². The zero-order valence-corrected chi connectivity index (χ0v) is 8.58. The molecule has 0 saturated carbocycles. The molecule has 0 atom stereocenters. The number of hydrogen-bond donors (Lipinski definition) is 2. The Kier molecular flexibility index (Phi) is 2.46. The number of aromatic amines is 1. The number of carboxylic acids is 1. The van der Waals surface area contributed by atoms with Crippen LogP contribution in [-0.2, 0) is 6.42 Å². The van der Waals surface area contributed by atoms with Crippen LogP contribution >= 0.6 is 0 Å². The van der Waals surface area contributed by atoms with Crippen molar-refractivity contribution in [3.63, 3.8) is 0 Å². The van der Waals surface area contributed by atoms with Gasteiger partial charge in [-0.15, -0.1) is 0 Å². The summed E-state index contributed by atoms with van der Waals surface area (Å²) in [5, 5.41) is 9.93. The van der Waals surface area contributed by atoms with Gasteiger partial charge in [0.25, 0.3) is 0 Å². The number of carbonyl (C=O) groups is 1. The third-order valence-corrected chi connectivity index (χ3v) is 2.54. The van der Waals surface area contributed by atoms with Crippen molar-refractivity contribution in [1.29, 1.82) is 0 Å². The predicted molar refractivity (Wildman–Crippen MR) is 59.3 cm³/mol. The zero-order chi connectivity index (χ0) is 10.8. The molecule has 1 aromatic heterocycles. The maximum absolute atomic E-state index is 11.1. The predicted octanol–water partition coefficient (Wildman–Crippen LogP) is 2.82. The summed E-state index contributed by atoms with van der Waals surface area (Å²) in [6.07, 6.45) is 3.83. The molecule has 0 radical (unpaired) electrons. The molecule has 3 heteroatoms. The molecular formula is C12H13NO2. The second-order valence-corrected chi connectivity index (χ2v) is 3.60. The monoisotopic (exact) mass is 203 g/mol. The highest BCUT2D eigenvalue weighted by Gasteiger charge is 2.12. The van der Waals surface area contributed by atoms with Gasteiger partial charge >= 0.3 is 5.97 Å². The number of aromatic carboxylic acids is 1. The van der Waals surface area contributed by atoms with E-state index in [1.165, 1.54) is 0 Å². The van der Waals surface area contributed by atoms with E-state index >= 15 is 0 Å². The fourth-order valence-electron chi connectivity index (χ4n) is 1.90. The van der Waals surface area contributed by atoms with Crippen molar-refractivity contribution in [1.82, 2.24) is 4.98 Å². The topological polar surface area (TPSA) is 53.1 Å². The Labute approximate surface area is 87.7 Å². The lowest BCUT2D eigenvalue weighted by atomic mass is 10.0. The first-order chi connectivity index (χ1) is 7.24. The van der Waals surface area contributed by atoms with Crippen molar-refractivity contribution in [2.24, 2.45) is 0 Å². The lowest BCUT2D eigenvalue weighted by Gasteiger charge is -2.00. The normalized spacial score (nSPS) is 10.7. The van der Waals surface area contributed by atoms with Crippen molar-refractivity contribution in [2.45, 2.75) is 19.8 Å². The van der Waals surface area contributed by atoms with E-state index in [-0.39, 0.29) is 0 Å². The molecule has 2 N–H and O–H groups in total. The van der Waals surface area contributed by atoms with E-state index < -0.39 is 5.97 Å². The lowest BCUT2D eigenvalue weighted by molar-refractivity contribution is 0.0699. The summed E-state index contributed by atoms with van der Waals surface area (Å²) in [6.45, 7) is 2.09. The maximum atomic E-state index is 11.1. The molecule has 15 heavy (non-hydrogen) atoms. The molecule has 1 heterocycles. The minimum absolute atomic E-state index is 0.386. The Morgan fingerprint density at radius 3 is 2.93 bits per heavy atom. The first-order valence-corrected chi connectivity index (χ1v) is 5.06. The Bertz CT molecular complexity index is 499. The first kappa shape index (κ1) is 9.77. The SMILES string of the molecule is CCCc1c[nH]c2cccc(C(=O)O)c12. The average molecular weight is 203 g/mol. The van der Waals surface area contributed by atoms with E-state index in [4.69, 9.17) is 5.11 Å². The van der Waals surface area contributed by atoms with Crippen molar-refractivity contribution in [3.05, 3.63) is 35.5 Å². The van der Waals surface area contributed by atoms with Crippen LogP contribution in [0.3, 0.4) is 0 Å². The average Bonchev–Trinajstić information content (AvgIpc) is 2.62. The number of rotatable bonds is 3. The highest BCUT2D eigenvalue weighted by atomic mass is 16.4. The summed E-state index contributed by atoms with van der Waals surface area (Å²) in [4.78, 5) is 14.2. The molecule has 0 aliphatic rings. The highest BCUT2D eigenvalue weighted by Crippen LogP contribution is 2.23. The van der Waals surface area contributed by atoms with Crippen LogP contribution in [0.15, 0.2) is 24.4 Å². The molecule has 0 fully saturated rings. The minimum Gasteiger partial charge on any atom is -0.478 e. The van der Waals surface area contributed by atoms with Crippen LogP contribution in [0.25, 0.3) is 10.9 Å². The number of H-pyrrole nitrogens is 1. The molecule has 0 unspecified atom stereocenters. The van der Waals surface area contributed by atoms with Crippen LogP contribution in [0.4, 0.5) is 0 Å². The van der Waals surface area contributed by atoms with Gasteiger partial charge in [-0.3, -0.25) is 0 Å². The second-order valence-electron chi connectivity index (χ2n) is 3.60. The number of fused-ring (bicyclic) bond motifs is 1. The van der Waals surface area contributed by atoms with Gasteiger partial charge in [-0.05, 0) is 24.1 Å². The third kappa shape index (κ3) is 1.61. The summed E-state index contributed by atoms with van der Waals surface area (Å²) in [7, 11) is 0. The second kappa shape index (κ2) is 3.77. The molecule has 0 aliphatic carbocycles. The number of aryl methyl sites for hydroxylation is 1. The van der Waals surface area contributed by atoms with Gasteiger partial charge in [-0.25, -0.2) is 4.79 Å². The summed E-state index contributed by atoms with van der Waals surface area (Å²) in [6, 6.07) is 5.32. The molecule has 78 valence electrons. The van der Waals surface area contributed by atoms with Gasteiger partial charge in [0.1, 0.15) is 0 Å². The number of benzene rings is 1. The van der Waals surface area contributed by atoms with Crippen LogP contribution in [0.5, 0.6) is 0 Å². The number of aromatic nitrogens is 1. The van der Waals surface area contributed by atoms with Gasteiger partial charge in [0, 0.05) is 17.1 Å². The number of hydrogen-bond acceptors (Lipinski definition) is 1. The summed E-state index contributed by atoms with van der Waals surface area (Å²) in [5.41, 5.74) is 2.38. The zero-order valence-electron chi connectivity index (χ0n) is 8.58. The Balaban J connectivity index is 2.69. The van der Waals surface area contributed by atoms with E-state index in [0.29, 0.717) is 5.56 Å². The number of nitrogens with one attached hydrogen (secondary N) is 1. The van der Waals surface area contributed by atoms with Gasteiger partial charge in [-0.2, -0.15) is 0 Å². The van der Waals surface area contributed by atoms with Gasteiger partial charge in [0.05, 0.1) is 5.56 Å². The minimum atomic E-state index is -0.863. The molecule has 0 saturated heterocycles. The molecular weight excluding hydrogens is 190 g/mol. The van der Waals surface area contributed by atoms with Crippen LogP contribution in [0.2, 0.25) is 0 Å². The van der Waals surface area contributed by atoms with E-state index in [9.17, 15) is 4.79 Å². The lowest BCUT2D eigenvalue weighted by Crippen LogP contribution is -1.97. The van der Waals surface area contributed by atoms with Crippen LogP contribution in [-0.4, -0.2) is 16.1 Å². The van der Waals surface area contributed by atoms with Crippen molar-refractivity contribution >= 4 is 16.9 Å². The summed E-state index contributed by atoms with van der Waals surface area (Å²) < 4.78 is 0. The standard InChI is InChI=1S/C12H13NO2/c1-2-4-8-7-13-10-6-3-5-9(11(8)10)12(14)15/h3,5-7,13H,2,4H2,1H3,(H,14,15). The largest absolute Gasteiger partial charge is 0.478 e. The fourth-order valence-corrected chi connectivity index (χ4v) is 1.90. The molecule has 0 spiro atoms. The molecule has 0 aliphatic heterocycles. The molecule has 2 aromatic rings.